The van der Waals surface area contributed by atoms with Crippen LogP contribution < -0.4 is 5.32 Å². The van der Waals surface area contributed by atoms with E-state index in [0.717, 1.165) is 0 Å². The first-order chi connectivity index (χ1) is 13.7. The highest BCUT2D eigenvalue weighted by Gasteiger charge is 2.33. The Balaban J connectivity index is 1.82. The van der Waals surface area contributed by atoms with Crippen molar-refractivity contribution in [1.82, 2.24) is 9.62 Å². The zero-order valence-electron chi connectivity index (χ0n) is 16.1. The van der Waals surface area contributed by atoms with Gasteiger partial charge in [0, 0.05) is 30.8 Å². The second-order valence-electron chi connectivity index (χ2n) is 7.00. The minimum atomic E-state index is -3.91. The SMILES string of the molecule is CC1CN(S(=O)(=O)c2cc(C(=O)NCc3ccccc3F)ccc2Cl)CC(C)O1. The van der Waals surface area contributed by atoms with Crippen molar-refractivity contribution in [2.45, 2.75) is 37.5 Å². The summed E-state index contributed by atoms with van der Waals surface area (Å²) in [5.41, 5.74) is 0.456. The average molecular weight is 441 g/mol. The van der Waals surface area contributed by atoms with Crippen molar-refractivity contribution in [2.24, 2.45) is 0 Å². The number of hydrogen-bond donors (Lipinski definition) is 1. The molecule has 1 fully saturated rings. The van der Waals surface area contributed by atoms with Crippen LogP contribution in [0.1, 0.15) is 29.8 Å². The first-order valence-corrected chi connectivity index (χ1v) is 11.0. The van der Waals surface area contributed by atoms with Gasteiger partial charge >= 0.3 is 0 Å². The Bertz CT molecular complexity index is 1010. The van der Waals surface area contributed by atoms with Gasteiger partial charge in [0.05, 0.1) is 17.2 Å². The van der Waals surface area contributed by atoms with E-state index in [-0.39, 0.29) is 47.3 Å². The van der Waals surface area contributed by atoms with E-state index in [2.05, 4.69) is 5.32 Å². The van der Waals surface area contributed by atoms with Crippen LogP contribution in [-0.4, -0.2) is 43.9 Å². The number of halogens is 2. The van der Waals surface area contributed by atoms with Gasteiger partial charge in [-0.1, -0.05) is 29.8 Å². The summed E-state index contributed by atoms with van der Waals surface area (Å²) in [5, 5.41) is 2.63. The Kier molecular flexibility index (Phi) is 6.58. The molecule has 1 amide bonds. The van der Waals surface area contributed by atoms with Gasteiger partial charge in [0.15, 0.2) is 0 Å². The third kappa shape index (κ3) is 4.95. The van der Waals surface area contributed by atoms with Gasteiger partial charge in [0.25, 0.3) is 5.91 Å². The highest BCUT2D eigenvalue weighted by Crippen LogP contribution is 2.28. The third-order valence-corrected chi connectivity index (χ3v) is 6.91. The Morgan fingerprint density at radius 2 is 1.86 bits per heavy atom. The van der Waals surface area contributed by atoms with Crippen LogP contribution in [0, 0.1) is 5.82 Å². The molecule has 9 heteroatoms. The summed E-state index contributed by atoms with van der Waals surface area (Å²) in [7, 11) is -3.91. The minimum absolute atomic E-state index is 0.0191. The standard InChI is InChI=1S/C20H22ClFN2O4S/c1-13-11-24(12-14(2)28-13)29(26,27)19-9-15(7-8-17(19)21)20(25)23-10-16-5-3-4-6-18(16)22/h3-9,13-14H,10-12H2,1-2H3,(H,23,25). The van der Waals surface area contributed by atoms with Crippen LogP contribution in [0.15, 0.2) is 47.4 Å². The van der Waals surface area contributed by atoms with Crippen molar-refractivity contribution in [3.8, 4) is 0 Å². The number of sulfonamides is 1. The number of amides is 1. The lowest BCUT2D eigenvalue weighted by molar-refractivity contribution is -0.0440. The summed E-state index contributed by atoms with van der Waals surface area (Å²) < 4.78 is 46.8. The lowest BCUT2D eigenvalue weighted by Crippen LogP contribution is -2.48. The van der Waals surface area contributed by atoms with Crippen molar-refractivity contribution in [2.75, 3.05) is 13.1 Å². The molecule has 29 heavy (non-hydrogen) atoms. The summed E-state index contributed by atoms with van der Waals surface area (Å²) in [6.07, 6.45) is -0.501. The molecule has 0 aromatic heterocycles. The van der Waals surface area contributed by atoms with Gasteiger partial charge in [-0.05, 0) is 38.1 Å². The Hall–Kier alpha value is -2.00. The fraction of sp³-hybridized carbons (Fsp3) is 0.350. The largest absolute Gasteiger partial charge is 0.373 e. The van der Waals surface area contributed by atoms with Crippen LogP contribution in [0.3, 0.4) is 0 Å². The maximum Gasteiger partial charge on any atom is 0.251 e. The van der Waals surface area contributed by atoms with E-state index >= 15 is 0 Å². The van der Waals surface area contributed by atoms with Gasteiger partial charge in [0.2, 0.25) is 10.0 Å². The van der Waals surface area contributed by atoms with E-state index in [1.54, 1.807) is 32.0 Å². The number of nitrogens with one attached hydrogen (secondary N) is 1. The summed E-state index contributed by atoms with van der Waals surface area (Å²) >= 11 is 6.15. The average Bonchev–Trinajstić information content (AvgIpc) is 2.66. The number of morpholine rings is 1. The summed E-state index contributed by atoms with van der Waals surface area (Å²) in [6, 6.07) is 10.2. The van der Waals surface area contributed by atoms with Gasteiger partial charge in [-0.15, -0.1) is 0 Å². The number of ether oxygens (including phenoxy) is 1. The molecule has 3 rings (SSSR count). The zero-order valence-corrected chi connectivity index (χ0v) is 17.6. The Morgan fingerprint density at radius 1 is 1.21 bits per heavy atom. The molecule has 2 aromatic carbocycles. The van der Waals surface area contributed by atoms with E-state index in [9.17, 15) is 17.6 Å². The predicted molar refractivity (Wildman–Crippen MR) is 108 cm³/mol. The fourth-order valence-corrected chi connectivity index (χ4v) is 5.32. The number of carbonyl (C=O) groups is 1. The molecule has 2 atom stereocenters. The van der Waals surface area contributed by atoms with Crippen LogP contribution >= 0.6 is 11.6 Å². The first kappa shape index (κ1) is 21.7. The lowest BCUT2D eigenvalue weighted by Gasteiger charge is -2.34. The van der Waals surface area contributed by atoms with Gasteiger partial charge in [0.1, 0.15) is 10.7 Å². The molecule has 2 aromatic rings. The highest BCUT2D eigenvalue weighted by molar-refractivity contribution is 7.89. The highest BCUT2D eigenvalue weighted by atomic mass is 35.5. The number of nitrogens with zero attached hydrogens (tertiary/aromatic N) is 1. The molecule has 0 radical (unpaired) electrons. The lowest BCUT2D eigenvalue weighted by atomic mass is 10.2. The van der Waals surface area contributed by atoms with Crippen LogP contribution in [0.4, 0.5) is 4.39 Å². The summed E-state index contributed by atoms with van der Waals surface area (Å²) in [4.78, 5) is 12.4. The molecular weight excluding hydrogens is 419 g/mol. The normalized spacial score (nSPS) is 20.4. The maximum atomic E-state index is 13.7. The number of rotatable bonds is 5. The van der Waals surface area contributed by atoms with Gasteiger partial charge < -0.3 is 10.1 Å². The fourth-order valence-electron chi connectivity index (χ4n) is 3.23. The minimum Gasteiger partial charge on any atom is -0.373 e. The van der Waals surface area contributed by atoms with Crippen molar-refractivity contribution in [3.05, 3.63) is 64.4 Å². The van der Waals surface area contributed by atoms with E-state index in [4.69, 9.17) is 16.3 Å². The maximum absolute atomic E-state index is 13.7. The number of benzene rings is 2. The van der Waals surface area contributed by atoms with E-state index in [1.807, 2.05) is 0 Å². The smallest absolute Gasteiger partial charge is 0.251 e. The van der Waals surface area contributed by atoms with Gasteiger partial charge in [-0.2, -0.15) is 4.31 Å². The van der Waals surface area contributed by atoms with Gasteiger partial charge in [-0.25, -0.2) is 12.8 Å². The molecule has 156 valence electrons. The molecule has 1 saturated heterocycles. The van der Waals surface area contributed by atoms with Crippen LogP contribution in [0.5, 0.6) is 0 Å². The van der Waals surface area contributed by atoms with Crippen molar-refractivity contribution < 1.29 is 22.3 Å². The van der Waals surface area contributed by atoms with Gasteiger partial charge in [-0.3, -0.25) is 4.79 Å². The summed E-state index contributed by atoms with van der Waals surface area (Å²) in [6.45, 7) is 3.98. The molecule has 0 saturated carbocycles. The Morgan fingerprint density at radius 3 is 2.52 bits per heavy atom. The molecule has 1 N–H and O–H groups in total. The predicted octanol–water partition coefficient (Wildman–Crippen LogP) is 3.21. The molecule has 1 aliphatic heterocycles. The first-order valence-electron chi connectivity index (χ1n) is 9.15. The van der Waals surface area contributed by atoms with Crippen LogP contribution in [-0.2, 0) is 21.3 Å². The van der Waals surface area contributed by atoms with Crippen molar-refractivity contribution in [3.63, 3.8) is 0 Å². The number of hydrogen-bond acceptors (Lipinski definition) is 4. The second kappa shape index (κ2) is 8.79. The molecule has 0 bridgehead atoms. The van der Waals surface area contributed by atoms with Crippen molar-refractivity contribution >= 4 is 27.5 Å². The molecule has 0 spiro atoms. The van der Waals surface area contributed by atoms with E-state index < -0.39 is 21.7 Å². The van der Waals surface area contributed by atoms with Crippen LogP contribution in [0.2, 0.25) is 5.02 Å². The monoisotopic (exact) mass is 440 g/mol. The summed E-state index contributed by atoms with van der Waals surface area (Å²) in [5.74, 6) is -0.951. The molecule has 6 nitrogen and oxygen atoms in total. The van der Waals surface area contributed by atoms with Crippen molar-refractivity contribution in [1.29, 1.82) is 0 Å². The topological polar surface area (TPSA) is 75.7 Å². The Labute approximate surface area is 174 Å². The quantitative estimate of drug-likeness (QED) is 0.774. The number of carbonyl (C=O) groups excluding carboxylic acids is 1. The van der Waals surface area contributed by atoms with E-state index in [0.29, 0.717) is 5.56 Å². The van der Waals surface area contributed by atoms with E-state index in [1.165, 1.54) is 28.6 Å². The molecular formula is C20H22ClFN2O4S. The molecule has 2 unspecified atom stereocenters. The third-order valence-electron chi connectivity index (χ3n) is 4.59. The second-order valence-corrected chi connectivity index (χ2v) is 9.31. The zero-order chi connectivity index (χ0) is 21.2. The van der Waals surface area contributed by atoms with Crippen LogP contribution in [0.25, 0.3) is 0 Å². The molecule has 1 heterocycles. The molecule has 0 aliphatic carbocycles. The molecule has 1 aliphatic rings.